The van der Waals surface area contributed by atoms with Crippen LogP contribution >= 0.6 is 11.6 Å². The number of ether oxygens (including phenoxy) is 2. The maximum atomic E-state index is 13.8. The molecule has 0 aliphatic carbocycles. The zero-order chi connectivity index (χ0) is 17.5. The Morgan fingerprint density at radius 3 is 2.71 bits per heavy atom. The smallest absolute Gasteiger partial charge is 0.161 e. The van der Waals surface area contributed by atoms with E-state index in [4.69, 9.17) is 21.1 Å². The van der Waals surface area contributed by atoms with Gasteiger partial charge in [0.2, 0.25) is 0 Å². The molecular formula is C18H21ClFNO3. The number of aliphatic hydroxyl groups is 1. The molecule has 0 saturated heterocycles. The van der Waals surface area contributed by atoms with E-state index < -0.39 is 11.9 Å². The molecule has 0 unspecified atom stereocenters. The third-order valence-corrected chi connectivity index (χ3v) is 3.78. The average Bonchev–Trinajstić information content (AvgIpc) is 2.54. The van der Waals surface area contributed by atoms with Gasteiger partial charge in [-0.15, -0.1) is 0 Å². The molecule has 4 nitrogen and oxygen atoms in total. The summed E-state index contributed by atoms with van der Waals surface area (Å²) in [6, 6.07) is 10.0. The molecule has 0 aromatic heterocycles. The van der Waals surface area contributed by atoms with Crippen LogP contribution in [0.3, 0.4) is 0 Å². The molecule has 0 bridgehead atoms. The Hall–Kier alpha value is -1.82. The van der Waals surface area contributed by atoms with Gasteiger partial charge in [0.25, 0.3) is 0 Å². The molecule has 0 fully saturated rings. The number of nitrogens with one attached hydrogen (secondary N) is 1. The number of aliphatic hydroxyl groups excluding tert-OH is 1. The summed E-state index contributed by atoms with van der Waals surface area (Å²) in [5, 5.41) is 12.7. The Labute approximate surface area is 146 Å². The van der Waals surface area contributed by atoms with Gasteiger partial charge in [-0.05, 0) is 36.8 Å². The summed E-state index contributed by atoms with van der Waals surface area (Å²) in [7, 11) is 1.55. The first-order valence-corrected chi connectivity index (χ1v) is 8.00. The molecule has 2 N–H and O–H groups in total. The van der Waals surface area contributed by atoms with Gasteiger partial charge < -0.3 is 19.9 Å². The molecule has 2 aromatic rings. The van der Waals surface area contributed by atoms with Crippen LogP contribution in [0.5, 0.6) is 11.5 Å². The van der Waals surface area contributed by atoms with Crippen molar-refractivity contribution >= 4 is 11.6 Å². The molecule has 2 rings (SSSR count). The first kappa shape index (κ1) is 18.5. The van der Waals surface area contributed by atoms with Crippen molar-refractivity contribution in [3.8, 4) is 11.5 Å². The van der Waals surface area contributed by atoms with Crippen LogP contribution in [-0.4, -0.2) is 24.9 Å². The highest BCUT2D eigenvalue weighted by Gasteiger charge is 2.11. The van der Waals surface area contributed by atoms with Crippen molar-refractivity contribution in [2.45, 2.75) is 26.2 Å². The highest BCUT2D eigenvalue weighted by atomic mass is 35.5. The number of hydrogen-bond acceptors (Lipinski definition) is 4. The first-order chi connectivity index (χ1) is 11.5. The Bertz CT molecular complexity index is 659. The third kappa shape index (κ3) is 5.09. The second-order valence-electron chi connectivity index (χ2n) is 5.45. The lowest BCUT2D eigenvalue weighted by Gasteiger charge is -2.14. The van der Waals surface area contributed by atoms with E-state index in [-0.39, 0.29) is 6.61 Å². The van der Waals surface area contributed by atoms with Crippen LogP contribution in [0.1, 0.15) is 18.1 Å². The van der Waals surface area contributed by atoms with Crippen LogP contribution in [0.25, 0.3) is 0 Å². The molecule has 0 saturated carbocycles. The van der Waals surface area contributed by atoms with Crippen molar-refractivity contribution in [2.75, 3.05) is 13.7 Å². The van der Waals surface area contributed by atoms with E-state index in [0.717, 1.165) is 5.56 Å². The standard InChI is InChI=1S/C18H21ClFNO3/c1-12(22)9-21-10-13-6-7-17(18(8-13)23-2)24-11-14-15(19)4-3-5-16(14)20/h3-8,12,21-22H,9-11H2,1-2H3/t12-/m1/s1. The van der Waals surface area contributed by atoms with Crippen LogP contribution in [0.15, 0.2) is 36.4 Å². The van der Waals surface area contributed by atoms with E-state index in [2.05, 4.69) is 5.32 Å². The van der Waals surface area contributed by atoms with Crippen molar-refractivity contribution in [3.05, 3.63) is 58.4 Å². The second kappa shape index (κ2) is 8.87. The van der Waals surface area contributed by atoms with E-state index in [9.17, 15) is 9.50 Å². The van der Waals surface area contributed by atoms with Gasteiger partial charge in [0.05, 0.1) is 18.2 Å². The second-order valence-corrected chi connectivity index (χ2v) is 5.86. The van der Waals surface area contributed by atoms with Gasteiger partial charge in [0, 0.05) is 18.7 Å². The van der Waals surface area contributed by atoms with Crippen LogP contribution < -0.4 is 14.8 Å². The van der Waals surface area contributed by atoms with Crippen LogP contribution in [0, 0.1) is 5.82 Å². The number of hydrogen-bond donors (Lipinski definition) is 2. The normalized spacial score (nSPS) is 12.0. The van der Waals surface area contributed by atoms with Crippen LogP contribution in [0.2, 0.25) is 5.02 Å². The number of benzene rings is 2. The number of methoxy groups -OCH3 is 1. The lowest BCUT2D eigenvalue weighted by molar-refractivity contribution is 0.191. The lowest BCUT2D eigenvalue weighted by Crippen LogP contribution is -2.23. The summed E-state index contributed by atoms with van der Waals surface area (Å²) in [6.07, 6.45) is -0.403. The SMILES string of the molecule is COc1cc(CNC[C@@H](C)O)ccc1OCc1c(F)cccc1Cl. The van der Waals surface area contributed by atoms with Crippen molar-refractivity contribution in [1.82, 2.24) is 5.32 Å². The van der Waals surface area contributed by atoms with E-state index in [0.29, 0.717) is 35.2 Å². The van der Waals surface area contributed by atoms with E-state index >= 15 is 0 Å². The zero-order valence-corrected chi connectivity index (χ0v) is 14.4. The van der Waals surface area contributed by atoms with E-state index in [1.807, 2.05) is 12.1 Å². The van der Waals surface area contributed by atoms with Crippen molar-refractivity contribution in [1.29, 1.82) is 0 Å². The number of rotatable bonds is 8. The molecule has 130 valence electrons. The molecular weight excluding hydrogens is 333 g/mol. The minimum absolute atomic E-state index is 0.0154. The summed E-state index contributed by atoms with van der Waals surface area (Å²) in [5.41, 5.74) is 1.30. The molecule has 24 heavy (non-hydrogen) atoms. The molecule has 1 atom stereocenters. The maximum absolute atomic E-state index is 13.8. The van der Waals surface area contributed by atoms with Crippen molar-refractivity contribution in [2.24, 2.45) is 0 Å². The summed E-state index contributed by atoms with van der Waals surface area (Å²) in [4.78, 5) is 0. The fourth-order valence-electron chi connectivity index (χ4n) is 2.19. The largest absolute Gasteiger partial charge is 0.493 e. The quantitative estimate of drug-likeness (QED) is 0.762. The Morgan fingerprint density at radius 1 is 1.25 bits per heavy atom. The topological polar surface area (TPSA) is 50.7 Å². The molecule has 0 heterocycles. The molecule has 0 amide bonds. The highest BCUT2D eigenvalue weighted by molar-refractivity contribution is 6.31. The van der Waals surface area contributed by atoms with Gasteiger partial charge in [0.15, 0.2) is 11.5 Å². The van der Waals surface area contributed by atoms with Crippen molar-refractivity contribution in [3.63, 3.8) is 0 Å². The van der Waals surface area contributed by atoms with Crippen molar-refractivity contribution < 1.29 is 19.0 Å². The molecule has 2 aromatic carbocycles. The summed E-state index contributed by atoms with van der Waals surface area (Å²) >= 11 is 6.00. The molecule has 0 aliphatic heterocycles. The van der Waals surface area contributed by atoms with Gasteiger partial charge in [-0.3, -0.25) is 0 Å². The Balaban J connectivity index is 2.05. The summed E-state index contributed by atoms with van der Waals surface area (Å²) in [6.45, 7) is 2.84. The first-order valence-electron chi connectivity index (χ1n) is 7.62. The minimum Gasteiger partial charge on any atom is -0.493 e. The molecule has 0 spiro atoms. The lowest BCUT2D eigenvalue weighted by atomic mass is 10.2. The highest BCUT2D eigenvalue weighted by Crippen LogP contribution is 2.30. The predicted octanol–water partition coefficient (Wildman–Crippen LogP) is 3.54. The molecule has 0 radical (unpaired) electrons. The Kier molecular flexibility index (Phi) is 6.85. The fourth-order valence-corrected chi connectivity index (χ4v) is 2.40. The van der Waals surface area contributed by atoms with Crippen LogP contribution in [-0.2, 0) is 13.2 Å². The monoisotopic (exact) mass is 353 g/mol. The Morgan fingerprint density at radius 2 is 2.04 bits per heavy atom. The molecule has 6 heteroatoms. The average molecular weight is 354 g/mol. The van der Waals surface area contributed by atoms with Gasteiger partial charge >= 0.3 is 0 Å². The van der Waals surface area contributed by atoms with Gasteiger partial charge in [-0.2, -0.15) is 0 Å². The van der Waals surface area contributed by atoms with Gasteiger partial charge in [-0.1, -0.05) is 23.7 Å². The van der Waals surface area contributed by atoms with Crippen LogP contribution in [0.4, 0.5) is 4.39 Å². The third-order valence-electron chi connectivity index (χ3n) is 3.43. The number of halogens is 2. The van der Waals surface area contributed by atoms with E-state index in [1.165, 1.54) is 6.07 Å². The van der Waals surface area contributed by atoms with E-state index in [1.54, 1.807) is 32.2 Å². The minimum atomic E-state index is -0.403. The summed E-state index contributed by atoms with van der Waals surface area (Å²) in [5.74, 6) is 0.662. The van der Waals surface area contributed by atoms with Gasteiger partial charge in [-0.25, -0.2) is 4.39 Å². The molecule has 0 aliphatic rings. The maximum Gasteiger partial charge on any atom is 0.161 e. The fraction of sp³-hybridized carbons (Fsp3) is 0.333. The van der Waals surface area contributed by atoms with Gasteiger partial charge in [0.1, 0.15) is 12.4 Å². The zero-order valence-electron chi connectivity index (χ0n) is 13.7. The predicted molar refractivity (Wildman–Crippen MR) is 92.1 cm³/mol. The summed E-state index contributed by atoms with van der Waals surface area (Å²) < 4.78 is 24.8.